The van der Waals surface area contributed by atoms with Crippen LogP contribution in [0.3, 0.4) is 0 Å². The Labute approximate surface area is 97.7 Å². The molecule has 0 amide bonds. The van der Waals surface area contributed by atoms with Crippen molar-refractivity contribution in [1.29, 1.82) is 0 Å². The van der Waals surface area contributed by atoms with Gasteiger partial charge in [0.05, 0.1) is 5.56 Å². The Balaban J connectivity index is 2.73. The molecule has 0 heterocycles. The molecule has 0 aliphatic rings. The van der Waals surface area contributed by atoms with Crippen molar-refractivity contribution < 1.29 is 13.6 Å². The largest absolute Gasteiger partial charge is 0.294 e. The average Bonchev–Trinajstić information content (AvgIpc) is 2.29. The fraction of sp³-hybridized carbons (Fsp3) is 0.0714. The number of carbonyl (C=O) groups is 1. The Morgan fingerprint density at radius 1 is 0.941 bits per heavy atom. The summed E-state index contributed by atoms with van der Waals surface area (Å²) in [7, 11) is 0. The molecule has 86 valence electrons. The Kier molecular flexibility index (Phi) is 3.00. The monoisotopic (exact) mass is 232 g/mol. The topological polar surface area (TPSA) is 17.1 Å². The van der Waals surface area contributed by atoms with Crippen LogP contribution < -0.4 is 0 Å². The van der Waals surface area contributed by atoms with Gasteiger partial charge in [0.2, 0.25) is 0 Å². The zero-order valence-corrected chi connectivity index (χ0v) is 9.21. The molecule has 0 saturated carbocycles. The lowest BCUT2D eigenvalue weighted by atomic mass is 9.97. The van der Waals surface area contributed by atoms with E-state index in [1.54, 1.807) is 18.2 Å². The minimum Gasteiger partial charge on any atom is -0.294 e. The van der Waals surface area contributed by atoms with E-state index in [0.29, 0.717) is 5.56 Å². The average molecular weight is 232 g/mol. The van der Waals surface area contributed by atoms with Gasteiger partial charge in [-0.1, -0.05) is 30.3 Å². The van der Waals surface area contributed by atoms with Crippen molar-refractivity contribution in [1.82, 2.24) is 0 Å². The number of ketones is 1. The third kappa shape index (κ3) is 2.09. The molecule has 3 heteroatoms. The smallest absolute Gasteiger partial charge is 0.160 e. The predicted molar refractivity (Wildman–Crippen MR) is 61.8 cm³/mol. The molecule has 0 aromatic heterocycles. The highest BCUT2D eigenvalue weighted by atomic mass is 19.1. The second-order valence-electron chi connectivity index (χ2n) is 3.70. The molecule has 0 spiro atoms. The maximum absolute atomic E-state index is 13.6. The molecule has 17 heavy (non-hydrogen) atoms. The standard InChI is InChI=1S/C14H10F2O/c1-9(17)10-5-2-3-6-11(10)14-12(15)7-4-8-13(14)16/h2-8H,1H3. The second kappa shape index (κ2) is 4.45. The van der Waals surface area contributed by atoms with Crippen LogP contribution in [0.1, 0.15) is 17.3 Å². The van der Waals surface area contributed by atoms with Crippen LogP contribution in [-0.2, 0) is 0 Å². The summed E-state index contributed by atoms with van der Waals surface area (Å²) in [5, 5.41) is 0. The van der Waals surface area contributed by atoms with Crippen LogP contribution in [-0.4, -0.2) is 5.78 Å². The van der Waals surface area contributed by atoms with Crippen LogP contribution >= 0.6 is 0 Å². The molecule has 0 atom stereocenters. The van der Waals surface area contributed by atoms with Crippen LogP contribution in [0.25, 0.3) is 11.1 Å². The lowest BCUT2D eigenvalue weighted by Gasteiger charge is -2.08. The van der Waals surface area contributed by atoms with Crippen LogP contribution in [0.5, 0.6) is 0 Å². The third-order valence-electron chi connectivity index (χ3n) is 2.54. The first-order valence-electron chi connectivity index (χ1n) is 5.15. The van der Waals surface area contributed by atoms with Crippen molar-refractivity contribution in [3.63, 3.8) is 0 Å². The summed E-state index contributed by atoms with van der Waals surface area (Å²) >= 11 is 0. The van der Waals surface area contributed by atoms with Gasteiger partial charge in [-0.15, -0.1) is 0 Å². The van der Waals surface area contributed by atoms with Gasteiger partial charge < -0.3 is 0 Å². The van der Waals surface area contributed by atoms with Crippen molar-refractivity contribution in [3.05, 3.63) is 59.7 Å². The SMILES string of the molecule is CC(=O)c1ccccc1-c1c(F)cccc1F. The zero-order valence-electron chi connectivity index (χ0n) is 9.21. The molecule has 2 rings (SSSR count). The van der Waals surface area contributed by atoms with Gasteiger partial charge in [-0.3, -0.25) is 4.79 Å². The number of hydrogen-bond acceptors (Lipinski definition) is 1. The summed E-state index contributed by atoms with van der Waals surface area (Å²) in [6, 6.07) is 10.1. The molecule has 0 radical (unpaired) electrons. The van der Waals surface area contributed by atoms with E-state index in [9.17, 15) is 13.6 Å². The molecule has 0 N–H and O–H groups in total. The van der Waals surface area contributed by atoms with E-state index in [0.717, 1.165) is 0 Å². The van der Waals surface area contributed by atoms with Crippen molar-refractivity contribution in [3.8, 4) is 11.1 Å². The first kappa shape index (κ1) is 11.5. The zero-order chi connectivity index (χ0) is 12.4. The van der Waals surface area contributed by atoms with Gasteiger partial charge in [-0.25, -0.2) is 8.78 Å². The van der Waals surface area contributed by atoms with E-state index in [1.807, 2.05) is 0 Å². The molecule has 2 aromatic rings. The van der Waals surface area contributed by atoms with Crippen molar-refractivity contribution >= 4 is 5.78 Å². The van der Waals surface area contributed by atoms with E-state index < -0.39 is 11.6 Å². The van der Waals surface area contributed by atoms with Gasteiger partial charge in [0.1, 0.15) is 11.6 Å². The number of benzene rings is 2. The van der Waals surface area contributed by atoms with Gasteiger partial charge >= 0.3 is 0 Å². The highest BCUT2D eigenvalue weighted by molar-refractivity contribution is 6.00. The lowest BCUT2D eigenvalue weighted by molar-refractivity contribution is 0.101. The minimum atomic E-state index is -0.668. The second-order valence-corrected chi connectivity index (χ2v) is 3.70. The molecule has 0 fully saturated rings. The van der Waals surface area contributed by atoms with Gasteiger partial charge in [-0.05, 0) is 24.6 Å². The number of carbonyl (C=O) groups excluding carboxylic acids is 1. The number of rotatable bonds is 2. The fourth-order valence-corrected chi connectivity index (χ4v) is 1.76. The summed E-state index contributed by atoms with van der Waals surface area (Å²) in [5.41, 5.74) is 0.449. The number of Topliss-reactive ketones (excluding diaryl/α,β-unsaturated/α-hetero) is 1. The Morgan fingerprint density at radius 2 is 1.53 bits per heavy atom. The van der Waals surface area contributed by atoms with Gasteiger partial charge in [0.25, 0.3) is 0 Å². The molecule has 0 unspecified atom stereocenters. The van der Waals surface area contributed by atoms with E-state index >= 15 is 0 Å². The minimum absolute atomic E-state index is 0.154. The van der Waals surface area contributed by atoms with Gasteiger partial charge in [0, 0.05) is 5.56 Å². The molecule has 0 aliphatic heterocycles. The third-order valence-corrected chi connectivity index (χ3v) is 2.54. The van der Waals surface area contributed by atoms with Crippen molar-refractivity contribution in [2.24, 2.45) is 0 Å². The maximum atomic E-state index is 13.6. The van der Waals surface area contributed by atoms with E-state index in [1.165, 1.54) is 31.2 Å². The van der Waals surface area contributed by atoms with Crippen LogP contribution in [0.15, 0.2) is 42.5 Å². The van der Waals surface area contributed by atoms with Crippen LogP contribution in [0, 0.1) is 11.6 Å². The maximum Gasteiger partial charge on any atom is 0.160 e. The molecule has 0 saturated heterocycles. The summed E-state index contributed by atoms with van der Waals surface area (Å²) in [5.74, 6) is -1.55. The molecular weight excluding hydrogens is 222 g/mol. The van der Waals surface area contributed by atoms with Crippen LogP contribution in [0.4, 0.5) is 8.78 Å². The van der Waals surface area contributed by atoms with Crippen LogP contribution in [0.2, 0.25) is 0 Å². The van der Waals surface area contributed by atoms with Crippen molar-refractivity contribution in [2.45, 2.75) is 6.92 Å². The highest BCUT2D eigenvalue weighted by Gasteiger charge is 2.15. The molecule has 1 nitrogen and oxygen atoms in total. The van der Waals surface area contributed by atoms with Gasteiger partial charge in [0.15, 0.2) is 5.78 Å². The Hall–Kier alpha value is -2.03. The summed E-state index contributed by atoms with van der Waals surface area (Å²) in [6.45, 7) is 1.37. The summed E-state index contributed by atoms with van der Waals surface area (Å²) in [6.07, 6.45) is 0. The molecular formula is C14H10F2O. The first-order chi connectivity index (χ1) is 8.11. The molecule has 0 aliphatic carbocycles. The quantitative estimate of drug-likeness (QED) is 0.719. The normalized spacial score (nSPS) is 10.3. The Bertz CT molecular complexity index is 556. The summed E-state index contributed by atoms with van der Waals surface area (Å²) in [4.78, 5) is 11.4. The first-order valence-corrected chi connectivity index (χ1v) is 5.15. The van der Waals surface area contributed by atoms with Crippen molar-refractivity contribution in [2.75, 3.05) is 0 Å². The fourth-order valence-electron chi connectivity index (χ4n) is 1.76. The lowest BCUT2D eigenvalue weighted by Crippen LogP contribution is -1.99. The highest BCUT2D eigenvalue weighted by Crippen LogP contribution is 2.29. The summed E-state index contributed by atoms with van der Waals surface area (Å²) < 4.78 is 27.3. The predicted octanol–water partition coefficient (Wildman–Crippen LogP) is 3.83. The number of hydrogen-bond donors (Lipinski definition) is 0. The molecule has 2 aromatic carbocycles. The van der Waals surface area contributed by atoms with Gasteiger partial charge in [-0.2, -0.15) is 0 Å². The van der Waals surface area contributed by atoms with E-state index in [4.69, 9.17) is 0 Å². The van der Waals surface area contributed by atoms with E-state index in [-0.39, 0.29) is 16.9 Å². The Morgan fingerprint density at radius 3 is 2.12 bits per heavy atom. The molecule has 0 bridgehead atoms. The number of halogens is 2. The van der Waals surface area contributed by atoms with E-state index in [2.05, 4.69) is 0 Å².